The van der Waals surface area contributed by atoms with E-state index in [9.17, 15) is 4.79 Å². The van der Waals surface area contributed by atoms with Crippen LogP contribution in [0.3, 0.4) is 0 Å². The van der Waals surface area contributed by atoms with E-state index in [4.69, 9.17) is 0 Å². The van der Waals surface area contributed by atoms with Crippen molar-refractivity contribution in [3.8, 4) is 11.3 Å². The highest BCUT2D eigenvalue weighted by Gasteiger charge is 2.01. The van der Waals surface area contributed by atoms with Gasteiger partial charge in [-0.1, -0.05) is 6.07 Å². The zero-order valence-corrected chi connectivity index (χ0v) is 9.31. The molecule has 74 valence electrons. The average Bonchev–Trinajstić information content (AvgIpc) is 2.29. The molecule has 0 fully saturated rings. The average molecular weight is 263 g/mol. The van der Waals surface area contributed by atoms with Crippen molar-refractivity contribution in [2.24, 2.45) is 0 Å². The lowest BCUT2D eigenvalue weighted by Crippen LogP contribution is -1.88. The van der Waals surface area contributed by atoms with Gasteiger partial charge in [0.15, 0.2) is 6.29 Å². The zero-order chi connectivity index (χ0) is 10.7. The van der Waals surface area contributed by atoms with Crippen LogP contribution in [0.25, 0.3) is 11.3 Å². The molecule has 3 nitrogen and oxygen atoms in total. The molecule has 0 bridgehead atoms. The highest BCUT2D eigenvalue weighted by Crippen LogP contribution is 2.18. The molecule has 0 aliphatic rings. The first-order valence-corrected chi connectivity index (χ1v) is 5.12. The maximum atomic E-state index is 10.6. The number of carbonyl (C=O) groups is 1. The minimum atomic E-state index is 0.550. The van der Waals surface area contributed by atoms with Gasteiger partial charge in [0.1, 0.15) is 4.60 Å². The molecule has 0 aliphatic heterocycles. The quantitative estimate of drug-likeness (QED) is 0.618. The Morgan fingerprint density at radius 2 is 2.13 bits per heavy atom. The third-order valence-corrected chi connectivity index (χ3v) is 2.35. The van der Waals surface area contributed by atoms with E-state index in [0.29, 0.717) is 5.56 Å². The third-order valence-electron chi connectivity index (χ3n) is 1.91. The summed E-state index contributed by atoms with van der Waals surface area (Å²) in [6, 6.07) is 7.37. The lowest BCUT2D eigenvalue weighted by atomic mass is 10.1. The van der Waals surface area contributed by atoms with Crippen LogP contribution in [0.5, 0.6) is 0 Å². The summed E-state index contributed by atoms with van der Waals surface area (Å²) in [5, 5.41) is 0. The van der Waals surface area contributed by atoms with Crippen LogP contribution >= 0.6 is 15.9 Å². The van der Waals surface area contributed by atoms with Gasteiger partial charge < -0.3 is 0 Å². The Hall–Kier alpha value is -1.55. The number of nitrogens with zero attached hydrogens (tertiary/aromatic N) is 2. The van der Waals surface area contributed by atoms with Crippen LogP contribution in [0.4, 0.5) is 0 Å². The predicted octanol–water partition coefficient (Wildman–Crippen LogP) is 2.72. The fourth-order valence-electron chi connectivity index (χ4n) is 1.23. The summed E-state index contributed by atoms with van der Waals surface area (Å²) < 4.78 is 0.761. The molecule has 0 unspecified atom stereocenters. The highest BCUT2D eigenvalue weighted by atomic mass is 79.9. The molecular formula is C11H7BrN2O. The summed E-state index contributed by atoms with van der Waals surface area (Å²) in [6.07, 6.45) is 3.98. The molecular weight excluding hydrogens is 256 g/mol. The van der Waals surface area contributed by atoms with Gasteiger partial charge in [-0.15, -0.1) is 0 Å². The molecule has 0 spiro atoms. The van der Waals surface area contributed by atoms with Crippen molar-refractivity contribution in [3.05, 3.63) is 46.8 Å². The molecule has 2 heterocycles. The van der Waals surface area contributed by atoms with Gasteiger partial charge in [-0.25, -0.2) is 4.98 Å². The van der Waals surface area contributed by atoms with Gasteiger partial charge in [0.2, 0.25) is 0 Å². The van der Waals surface area contributed by atoms with E-state index in [2.05, 4.69) is 25.9 Å². The molecule has 0 N–H and O–H groups in total. The van der Waals surface area contributed by atoms with E-state index in [-0.39, 0.29) is 0 Å². The summed E-state index contributed by atoms with van der Waals surface area (Å²) in [6.45, 7) is 0. The Labute approximate surface area is 95.3 Å². The predicted molar refractivity (Wildman–Crippen MR) is 60.6 cm³/mol. The lowest BCUT2D eigenvalue weighted by Gasteiger charge is -2.00. The summed E-state index contributed by atoms with van der Waals surface area (Å²) in [5.41, 5.74) is 2.18. The molecule has 2 aromatic heterocycles. The second kappa shape index (κ2) is 4.31. The first-order valence-electron chi connectivity index (χ1n) is 4.33. The van der Waals surface area contributed by atoms with E-state index in [0.717, 1.165) is 22.1 Å². The van der Waals surface area contributed by atoms with Gasteiger partial charge >= 0.3 is 0 Å². The van der Waals surface area contributed by atoms with Crippen molar-refractivity contribution in [1.29, 1.82) is 0 Å². The standard InChI is InChI=1S/C11H7BrN2O/c12-11-3-1-2-10(14-11)9-4-8(7-15)5-13-6-9/h1-7H. The van der Waals surface area contributed by atoms with Crippen LogP contribution < -0.4 is 0 Å². The summed E-state index contributed by atoms with van der Waals surface area (Å²) >= 11 is 3.29. The zero-order valence-electron chi connectivity index (χ0n) is 7.72. The second-order valence-corrected chi connectivity index (χ2v) is 3.78. The molecule has 15 heavy (non-hydrogen) atoms. The van der Waals surface area contributed by atoms with E-state index >= 15 is 0 Å². The third kappa shape index (κ3) is 2.27. The number of halogens is 1. The minimum Gasteiger partial charge on any atom is -0.298 e. The van der Waals surface area contributed by atoms with Gasteiger partial charge in [-0.2, -0.15) is 0 Å². The molecule has 2 aromatic rings. The SMILES string of the molecule is O=Cc1cncc(-c2cccc(Br)n2)c1. The molecule has 0 atom stereocenters. The molecule has 0 saturated carbocycles. The maximum absolute atomic E-state index is 10.6. The molecule has 0 radical (unpaired) electrons. The minimum absolute atomic E-state index is 0.550. The molecule has 0 amide bonds. The monoisotopic (exact) mass is 262 g/mol. The molecule has 0 saturated heterocycles. The van der Waals surface area contributed by atoms with Crippen LogP contribution in [0.1, 0.15) is 10.4 Å². The Morgan fingerprint density at radius 1 is 1.27 bits per heavy atom. The number of carbonyl (C=O) groups excluding carboxylic acids is 1. The van der Waals surface area contributed by atoms with Gasteiger partial charge in [0, 0.05) is 23.5 Å². The van der Waals surface area contributed by atoms with Gasteiger partial charge in [0.05, 0.1) is 5.69 Å². The Morgan fingerprint density at radius 3 is 2.87 bits per heavy atom. The first-order chi connectivity index (χ1) is 7.29. The number of aldehydes is 1. The van der Waals surface area contributed by atoms with Gasteiger partial charge in [0.25, 0.3) is 0 Å². The van der Waals surface area contributed by atoms with Crippen LogP contribution in [0, 0.1) is 0 Å². The van der Waals surface area contributed by atoms with E-state index in [1.807, 2.05) is 18.2 Å². The van der Waals surface area contributed by atoms with E-state index in [1.54, 1.807) is 12.3 Å². The van der Waals surface area contributed by atoms with E-state index < -0.39 is 0 Å². The fourth-order valence-corrected chi connectivity index (χ4v) is 1.57. The highest BCUT2D eigenvalue weighted by molar-refractivity contribution is 9.10. The summed E-state index contributed by atoms with van der Waals surface area (Å²) in [7, 11) is 0. The number of hydrogen-bond donors (Lipinski definition) is 0. The lowest BCUT2D eigenvalue weighted by molar-refractivity contribution is 0.112. The Balaban J connectivity index is 2.49. The Kier molecular flexibility index (Phi) is 2.87. The molecule has 2 rings (SSSR count). The molecule has 4 heteroatoms. The van der Waals surface area contributed by atoms with Crippen molar-refractivity contribution in [1.82, 2.24) is 9.97 Å². The van der Waals surface area contributed by atoms with Crippen molar-refractivity contribution in [3.63, 3.8) is 0 Å². The van der Waals surface area contributed by atoms with Crippen molar-refractivity contribution in [2.75, 3.05) is 0 Å². The maximum Gasteiger partial charge on any atom is 0.151 e. The number of hydrogen-bond acceptors (Lipinski definition) is 3. The van der Waals surface area contributed by atoms with Crippen LogP contribution in [0.15, 0.2) is 41.3 Å². The second-order valence-electron chi connectivity index (χ2n) is 2.97. The molecule has 0 aromatic carbocycles. The van der Waals surface area contributed by atoms with Gasteiger partial charge in [-0.05, 0) is 34.1 Å². The van der Waals surface area contributed by atoms with Crippen LogP contribution in [-0.4, -0.2) is 16.3 Å². The largest absolute Gasteiger partial charge is 0.298 e. The number of pyridine rings is 2. The normalized spacial score (nSPS) is 9.93. The number of rotatable bonds is 2. The fraction of sp³-hybridized carbons (Fsp3) is 0. The van der Waals surface area contributed by atoms with Crippen molar-refractivity contribution in [2.45, 2.75) is 0 Å². The summed E-state index contributed by atoms with van der Waals surface area (Å²) in [5.74, 6) is 0. The topological polar surface area (TPSA) is 42.9 Å². The van der Waals surface area contributed by atoms with Crippen molar-refractivity contribution < 1.29 is 4.79 Å². The summed E-state index contributed by atoms with van der Waals surface area (Å²) in [4.78, 5) is 18.8. The molecule has 0 aliphatic carbocycles. The Bertz CT molecular complexity index is 499. The van der Waals surface area contributed by atoms with Gasteiger partial charge in [-0.3, -0.25) is 9.78 Å². The first kappa shape index (κ1) is 9.98. The van der Waals surface area contributed by atoms with E-state index in [1.165, 1.54) is 6.20 Å². The number of aromatic nitrogens is 2. The van der Waals surface area contributed by atoms with Crippen molar-refractivity contribution >= 4 is 22.2 Å². The smallest absolute Gasteiger partial charge is 0.151 e. The van der Waals surface area contributed by atoms with Crippen LogP contribution in [-0.2, 0) is 0 Å². The van der Waals surface area contributed by atoms with Crippen LogP contribution in [0.2, 0.25) is 0 Å².